The summed E-state index contributed by atoms with van der Waals surface area (Å²) in [6, 6.07) is 5.40. The first-order valence-electron chi connectivity index (χ1n) is 8.41. The van der Waals surface area contributed by atoms with E-state index < -0.39 is 0 Å². The van der Waals surface area contributed by atoms with Crippen molar-refractivity contribution in [2.75, 3.05) is 18.4 Å². The van der Waals surface area contributed by atoms with Crippen molar-refractivity contribution in [2.45, 2.75) is 32.1 Å². The lowest BCUT2D eigenvalue weighted by atomic mass is 9.81. The summed E-state index contributed by atoms with van der Waals surface area (Å²) in [7, 11) is 0. The van der Waals surface area contributed by atoms with Gasteiger partial charge in [-0.15, -0.1) is 0 Å². The summed E-state index contributed by atoms with van der Waals surface area (Å²) in [4.78, 5) is 31.5. The van der Waals surface area contributed by atoms with Gasteiger partial charge in [-0.3, -0.25) is 9.59 Å². The number of aromatic nitrogens is 1. The Morgan fingerprint density at radius 1 is 1.04 bits per heavy atom. The van der Waals surface area contributed by atoms with E-state index in [4.69, 9.17) is 0 Å². The summed E-state index contributed by atoms with van der Waals surface area (Å²) in [6.45, 7) is 1.65. The zero-order chi connectivity index (χ0) is 16.1. The number of hydrogen-bond acceptors (Lipinski definition) is 3. The summed E-state index contributed by atoms with van der Waals surface area (Å²) in [6.07, 6.45) is 10.3. The molecule has 5 heteroatoms. The molecule has 2 aliphatic rings. The van der Waals surface area contributed by atoms with Crippen LogP contribution >= 0.6 is 0 Å². The van der Waals surface area contributed by atoms with Gasteiger partial charge in [0.05, 0.1) is 11.8 Å². The highest BCUT2D eigenvalue weighted by atomic mass is 16.2. The predicted molar refractivity (Wildman–Crippen MR) is 88.7 cm³/mol. The van der Waals surface area contributed by atoms with Crippen molar-refractivity contribution in [1.82, 2.24) is 9.88 Å². The van der Waals surface area contributed by atoms with Crippen LogP contribution in [0.25, 0.3) is 0 Å². The second-order valence-corrected chi connectivity index (χ2v) is 6.25. The number of allylic oxidation sites excluding steroid dienone is 2. The minimum Gasteiger partial charge on any atom is -0.342 e. The highest BCUT2D eigenvalue weighted by Crippen LogP contribution is 2.29. The van der Waals surface area contributed by atoms with E-state index in [2.05, 4.69) is 10.3 Å². The van der Waals surface area contributed by atoms with Crippen molar-refractivity contribution in [3.05, 3.63) is 36.5 Å². The highest BCUT2D eigenvalue weighted by Gasteiger charge is 2.36. The lowest BCUT2D eigenvalue weighted by molar-refractivity contribution is -0.141. The van der Waals surface area contributed by atoms with Crippen molar-refractivity contribution >= 4 is 17.6 Å². The number of hydrogen-bond donors (Lipinski definition) is 1. The van der Waals surface area contributed by atoms with E-state index in [9.17, 15) is 9.59 Å². The van der Waals surface area contributed by atoms with Crippen LogP contribution in [-0.2, 0) is 9.59 Å². The van der Waals surface area contributed by atoms with Crippen LogP contribution < -0.4 is 5.32 Å². The maximum atomic E-state index is 12.8. The number of rotatable bonds is 3. The number of piperidine rings is 1. The molecule has 1 saturated heterocycles. The number of carbonyl (C=O) groups is 2. The highest BCUT2D eigenvalue weighted by molar-refractivity contribution is 5.95. The summed E-state index contributed by atoms with van der Waals surface area (Å²) in [5.74, 6) is 0.00750. The van der Waals surface area contributed by atoms with Crippen LogP contribution in [0.4, 0.5) is 5.82 Å². The minimum atomic E-state index is -0.309. The lowest BCUT2D eigenvalue weighted by Gasteiger charge is -2.34. The molecule has 0 radical (unpaired) electrons. The van der Waals surface area contributed by atoms with Crippen molar-refractivity contribution in [3.63, 3.8) is 0 Å². The molecule has 1 aliphatic heterocycles. The van der Waals surface area contributed by atoms with Gasteiger partial charge < -0.3 is 10.2 Å². The van der Waals surface area contributed by atoms with Crippen LogP contribution in [0.15, 0.2) is 36.5 Å². The SMILES string of the molecule is O=C(Nc1ccccn1)C1CC=CCC1C(=O)N1CCCCC1. The molecule has 1 aromatic heterocycles. The molecule has 2 heterocycles. The molecular formula is C18H23N3O2. The zero-order valence-electron chi connectivity index (χ0n) is 13.3. The monoisotopic (exact) mass is 313 g/mol. The molecule has 1 aromatic rings. The Morgan fingerprint density at radius 3 is 2.48 bits per heavy atom. The van der Waals surface area contributed by atoms with Crippen LogP contribution in [0.2, 0.25) is 0 Å². The largest absolute Gasteiger partial charge is 0.342 e. The molecule has 1 aliphatic carbocycles. The molecule has 23 heavy (non-hydrogen) atoms. The van der Waals surface area contributed by atoms with Gasteiger partial charge >= 0.3 is 0 Å². The van der Waals surface area contributed by atoms with Gasteiger partial charge in [-0.25, -0.2) is 4.98 Å². The van der Waals surface area contributed by atoms with Crippen LogP contribution in [0.3, 0.4) is 0 Å². The fourth-order valence-corrected chi connectivity index (χ4v) is 3.38. The number of anilines is 1. The first-order chi connectivity index (χ1) is 11.3. The molecule has 0 bridgehead atoms. The summed E-state index contributed by atoms with van der Waals surface area (Å²) in [5.41, 5.74) is 0. The maximum absolute atomic E-state index is 12.8. The summed E-state index contributed by atoms with van der Waals surface area (Å²) >= 11 is 0. The molecule has 3 rings (SSSR count). The Bertz CT molecular complexity index is 579. The van der Waals surface area contributed by atoms with Gasteiger partial charge in [-0.2, -0.15) is 0 Å². The fraction of sp³-hybridized carbons (Fsp3) is 0.500. The average molecular weight is 313 g/mol. The van der Waals surface area contributed by atoms with Gasteiger partial charge in [0.2, 0.25) is 11.8 Å². The fourth-order valence-electron chi connectivity index (χ4n) is 3.38. The number of nitrogens with one attached hydrogen (secondary N) is 1. The Kier molecular flexibility index (Phi) is 5.05. The first kappa shape index (κ1) is 15.7. The Balaban J connectivity index is 1.69. The predicted octanol–water partition coefficient (Wildman–Crippen LogP) is 2.62. The van der Waals surface area contributed by atoms with Crippen molar-refractivity contribution in [3.8, 4) is 0 Å². The van der Waals surface area contributed by atoms with E-state index in [-0.39, 0.29) is 23.7 Å². The van der Waals surface area contributed by atoms with Crippen LogP contribution in [0.5, 0.6) is 0 Å². The minimum absolute atomic E-state index is 0.108. The van der Waals surface area contributed by atoms with E-state index in [0.29, 0.717) is 18.7 Å². The molecular weight excluding hydrogens is 290 g/mol. The summed E-state index contributed by atoms with van der Waals surface area (Å²) in [5, 5.41) is 2.84. The van der Waals surface area contributed by atoms with Crippen molar-refractivity contribution in [1.29, 1.82) is 0 Å². The quantitative estimate of drug-likeness (QED) is 0.873. The molecule has 1 fully saturated rings. The third-order valence-corrected chi connectivity index (χ3v) is 4.67. The number of carbonyl (C=O) groups excluding carboxylic acids is 2. The van der Waals surface area contributed by atoms with E-state index in [0.717, 1.165) is 25.9 Å². The van der Waals surface area contributed by atoms with E-state index >= 15 is 0 Å². The van der Waals surface area contributed by atoms with Crippen molar-refractivity contribution < 1.29 is 9.59 Å². The molecule has 0 spiro atoms. The third-order valence-electron chi connectivity index (χ3n) is 4.67. The second kappa shape index (κ2) is 7.40. The third kappa shape index (κ3) is 3.78. The summed E-state index contributed by atoms with van der Waals surface area (Å²) < 4.78 is 0. The molecule has 1 N–H and O–H groups in total. The number of nitrogens with zero attached hydrogens (tertiary/aromatic N) is 2. The van der Waals surface area contributed by atoms with Crippen LogP contribution in [-0.4, -0.2) is 34.8 Å². The smallest absolute Gasteiger partial charge is 0.229 e. The van der Waals surface area contributed by atoms with Gasteiger partial charge in [0, 0.05) is 19.3 Å². The Hall–Kier alpha value is -2.17. The van der Waals surface area contributed by atoms with Gasteiger partial charge in [-0.05, 0) is 44.2 Å². The standard InChI is InChI=1S/C18H23N3O2/c22-17(20-16-10-4-5-11-19-16)14-8-2-3-9-15(14)18(23)21-12-6-1-7-13-21/h2-5,10-11,14-15H,1,6-9,12-13H2,(H,19,20,22). The van der Waals surface area contributed by atoms with Crippen LogP contribution in [0.1, 0.15) is 32.1 Å². The maximum Gasteiger partial charge on any atom is 0.229 e. The van der Waals surface area contributed by atoms with Gasteiger partial charge in [-0.1, -0.05) is 18.2 Å². The molecule has 2 amide bonds. The zero-order valence-corrected chi connectivity index (χ0v) is 13.3. The van der Waals surface area contributed by atoms with Gasteiger partial charge in [0.15, 0.2) is 0 Å². The second-order valence-electron chi connectivity index (χ2n) is 6.25. The first-order valence-corrected chi connectivity index (χ1v) is 8.41. The molecule has 0 aromatic carbocycles. The molecule has 2 atom stereocenters. The van der Waals surface area contributed by atoms with Gasteiger partial charge in [0.25, 0.3) is 0 Å². The van der Waals surface area contributed by atoms with E-state index in [1.807, 2.05) is 29.2 Å². The lowest BCUT2D eigenvalue weighted by Crippen LogP contribution is -2.45. The topological polar surface area (TPSA) is 62.3 Å². The Morgan fingerprint density at radius 2 is 1.78 bits per heavy atom. The van der Waals surface area contributed by atoms with Crippen molar-refractivity contribution in [2.24, 2.45) is 11.8 Å². The molecule has 122 valence electrons. The number of pyridine rings is 1. The normalized spacial score (nSPS) is 24.3. The molecule has 5 nitrogen and oxygen atoms in total. The average Bonchev–Trinajstić information content (AvgIpc) is 2.62. The van der Waals surface area contributed by atoms with E-state index in [1.54, 1.807) is 12.3 Å². The molecule has 0 saturated carbocycles. The van der Waals surface area contributed by atoms with E-state index in [1.165, 1.54) is 6.42 Å². The molecule has 2 unspecified atom stereocenters. The number of amides is 2. The van der Waals surface area contributed by atoms with Gasteiger partial charge in [0.1, 0.15) is 5.82 Å². The van der Waals surface area contributed by atoms with Crippen LogP contribution in [0, 0.1) is 11.8 Å². The number of likely N-dealkylation sites (tertiary alicyclic amines) is 1. The Labute approximate surface area is 136 Å².